The summed E-state index contributed by atoms with van der Waals surface area (Å²) in [6.07, 6.45) is 11.7. The molecule has 0 radical (unpaired) electrons. The largest absolute Gasteiger partial charge is 0.361 e. The van der Waals surface area contributed by atoms with E-state index in [0.717, 1.165) is 18.0 Å². The van der Waals surface area contributed by atoms with E-state index in [-0.39, 0.29) is 0 Å². The first-order chi connectivity index (χ1) is 12.3. The zero-order chi connectivity index (χ0) is 16.8. The first-order valence-corrected chi connectivity index (χ1v) is 10.3. The quantitative estimate of drug-likeness (QED) is 0.909. The first kappa shape index (κ1) is 15.9. The minimum Gasteiger partial charge on any atom is -0.361 e. The van der Waals surface area contributed by atoms with Crippen molar-refractivity contribution in [3.63, 3.8) is 0 Å². The van der Waals surface area contributed by atoms with Gasteiger partial charge in [0, 0.05) is 29.2 Å². The van der Waals surface area contributed by atoms with Crippen LogP contribution in [-0.2, 0) is 6.42 Å². The molecule has 3 fully saturated rings. The lowest BCUT2D eigenvalue weighted by molar-refractivity contribution is 0.181. The molecular formula is C22H31N3. The summed E-state index contributed by atoms with van der Waals surface area (Å²) in [5.41, 5.74) is 4.42. The number of aromatic amines is 1. The molecule has 2 aromatic rings. The number of likely N-dealkylation sites (N-methyl/N-ethyl adjacent to an activating group) is 1. The Bertz CT molecular complexity index is 749. The molecule has 0 bridgehead atoms. The van der Waals surface area contributed by atoms with E-state index in [9.17, 15) is 0 Å². The van der Waals surface area contributed by atoms with Crippen LogP contribution in [0.2, 0.25) is 0 Å². The van der Waals surface area contributed by atoms with Crippen molar-refractivity contribution >= 4 is 10.9 Å². The maximum atomic E-state index is 3.52. The van der Waals surface area contributed by atoms with E-state index in [0.29, 0.717) is 0 Å². The molecule has 3 atom stereocenters. The number of aromatic nitrogens is 1. The van der Waals surface area contributed by atoms with Gasteiger partial charge in [0.2, 0.25) is 0 Å². The zero-order valence-electron chi connectivity index (χ0n) is 15.5. The Morgan fingerprint density at radius 3 is 2.88 bits per heavy atom. The van der Waals surface area contributed by atoms with Crippen molar-refractivity contribution in [2.24, 2.45) is 0 Å². The van der Waals surface area contributed by atoms with Crippen LogP contribution >= 0.6 is 0 Å². The van der Waals surface area contributed by atoms with Gasteiger partial charge in [0.15, 0.2) is 0 Å². The second-order valence-electron chi connectivity index (χ2n) is 8.65. The molecule has 1 aromatic heterocycles. The molecule has 0 aliphatic carbocycles. The van der Waals surface area contributed by atoms with Gasteiger partial charge in [0.25, 0.3) is 0 Å². The van der Waals surface area contributed by atoms with Gasteiger partial charge < -0.3 is 14.8 Å². The number of likely N-dealkylation sites (tertiary alicyclic amines) is 1. The monoisotopic (exact) mass is 337 g/mol. The van der Waals surface area contributed by atoms with Crippen LogP contribution in [0.1, 0.15) is 55.6 Å². The van der Waals surface area contributed by atoms with Gasteiger partial charge in [-0.3, -0.25) is 0 Å². The zero-order valence-corrected chi connectivity index (χ0v) is 15.5. The van der Waals surface area contributed by atoms with Crippen LogP contribution in [0.15, 0.2) is 24.4 Å². The van der Waals surface area contributed by atoms with Gasteiger partial charge in [-0.25, -0.2) is 0 Å². The van der Waals surface area contributed by atoms with Crippen molar-refractivity contribution in [3.05, 3.63) is 35.5 Å². The topological polar surface area (TPSA) is 22.3 Å². The minimum absolute atomic E-state index is 0.726. The number of hydrogen-bond donors (Lipinski definition) is 1. The smallest absolute Gasteiger partial charge is 0.0457 e. The highest BCUT2D eigenvalue weighted by Gasteiger charge is 2.32. The van der Waals surface area contributed by atoms with Crippen LogP contribution < -0.4 is 0 Å². The highest BCUT2D eigenvalue weighted by molar-refractivity contribution is 5.84. The van der Waals surface area contributed by atoms with E-state index >= 15 is 0 Å². The number of hydrogen-bond acceptors (Lipinski definition) is 2. The van der Waals surface area contributed by atoms with Crippen LogP contribution in [-0.4, -0.2) is 53.5 Å². The Morgan fingerprint density at radius 2 is 2.00 bits per heavy atom. The first-order valence-electron chi connectivity index (χ1n) is 10.3. The Balaban J connectivity index is 1.40. The van der Waals surface area contributed by atoms with Gasteiger partial charge in [0.05, 0.1) is 0 Å². The average Bonchev–Trinajstić information content (AvgIpc) is 3.35. The van der Waals surface area contributed by atoms with Crippen molar-refractivity contribution in [3.8, 4) is 0 Å². The molecule has 3 aliphatic heterocycles. The fourth-order valence-corrected chi connectivity index (χ4v) is 5.64. The van der Waals surface area contributed by atoms with Crippen molar-refractivity contribution < 1.29 is 0 Å². The van der Waals surface area contributed by atoms with Gasteiger partial charge in [-0.05, 0) is 101 Å². The highest BCUT2D eigenvalue weighted by atomic mass is 15.2. The minimum atomic E-state index is 0.726. The van der Waals surface area contributed by atoms with E-state index in [1.54, 1.807) is 5.56 Å². The standard InChI is InChI=1S/C22H31N3/c1-24-9-2-4-19(24)13-18-15-23-22-7-6-16(14-21(18)22)17-8-11-25-10-3-5-20(25)12-17/h6-7,14-15,17,19-20,23H,2-5,8-13H2,1H3/t17?,19-,20?/m1/s1. The summed E-state index contributed by atoms with van der Waals surface area (Å²) < 4.78 is 0. The maximum Gasteiger partial charge on any atom is 0.0457 e. The normalized spacial score (nSPS) is 31.0. The molecule has 0 spiro atoms. The molecule has 25 heavy (non-hydrogen) atoms. The van der Waals surface area contributed by atoms with Crippen LogP contribution in [0.4, 0.5) is 0 Å². The molecule has 3 heteroatoms. The molecule has 1 aromatic carbocycles. The number of rotatable bonds is 3. The second kappa shape index (κ2) is 6.44. The second-order valence-corrected chi connectivity index (χ2v) is 8.65. The van der Waals surface area contributed by atoms with Crippen molar-refractivity contribution in [1.82, 2.24) is 14.8 Å². The van der Waals surface area contributed by atoms with Gasteiger partial charge in [-0.1, -0.05) is 6.07 Å². The molecule has 3 aliphatic rings. The van der Waals surface area contributed by atoms with Crippen molar-refractivity contribution in [2.75, 3.05) is 26.7 Å². The van der Waals surface area contributed by atoms with Gasteiger partial charge >= 0.3 is 0 Å². The Hall–Kier alpha value is -1.32. The number of benzene rings is 1. The molecule has 1 N–H and O–H groups in total. The summed E-state index contributed by atoms with van der Waals surface area (Å²) in [4.78, 5) is 8.79. The fourth-order valence-electron chi connectivity index (χ4n) is 5.64. The van der Waals surface area contributed by atoms with Gasteiger partial charge in [-0.15, -0.1) is 0 Å². The summed E-state index contributed by atoms with van der Waals surface area (Å²) in [6, 6.07) is 8.81. The lowest BCUT2D eigenvalue weighted by atomic mass is 9.85. The lowest BCUT2D eigenvalue weighted by Crippen LogP contribution is -2.37. The number of nitrogens with zero attached hydrogens (tertiary/aromatic N) is 2. The third kappa shape index (κ3) is 2.92. The summed E-state index contributed by atoms with van der Waals surface area (Å²) >= 11 is 0. The molecule has 3 saturated heterocycles. The molecule has 0 amide bonds. The molecule has 4 heterocycles. The third-order valence-electron chi connectivity index (χ3n) is 7.21. The van der Waals surface area contributed by atoms with E-state index < -0.39 is 0 Å². The van der Waals surface area contributed by atoms with Gasteiger partial charge in [0.1, 0.15) is 0 Å². The molecule has 2 unspecified atom stereocenters. The molecule has 5 rings (SSSR count). The van der Waals surface area contributed by atoms with Crippen LogP contribution in [0.25, 0.3) is 10.9 Å². The van der Waals surface area contributed by atoms with E-state index in [1.165, 1.54) is 81.0 Å². The van der Waals surface area contributed by atoms with Crippen molar-refractivity contribution in [1.29, 1.82) is 0 Å². The van der Waals surface area contributed by atoms with Crippen LogP contribution in [0, 0.1) is 0 Å². The number of piperidine rings is 1. The Kier molecular flexibility index (Phi) is 4.10. The van der Waals surface area contributed by atoms with Gasteiger partial charge in [-0.2, -0.15) is 0 Å². The Labute approximate surface area is 151 Å². The molecular weight excluding hydrogens is 306 g/mol. The highest BCUT2D eigenvalue weighted by Crippen LogP contribution is 2.37. The average molecular weight is 338 g/mol. The molecule has 0 saturated carbocycles. The predicted molar refractivity (Wildman–Crippen MR) is 104 cm³/mol. The predicted octanol–water partition coefficient (Wildman–Crippen LogP) is 4.15. The molecule has 134 valence electrons. The Morgan fingerprint density at radius 1 is 1.08 bits per heavy atom. The SMILES string of the molecule is CN1CCC[C@@H]1Cc1c[nH]c2ccc(C3CCN4CCCC4C3)cc12. The summed E-state index contributed by atoms with van der Waals surface area (Å²) in [5, 5.41) is 1.48. The number of nitrogens with one attached hydrogen (secondary N) is 1. The fraction of sp³-hybridized carbons (Fsp3) is 0.636. The summed E-state index contributed by atoms with van der Waals surface area (Å²) in [7, 11) is 2.29. The lowest BCUT2D eigenvalue weighted by Gasteiger charge is -2.35. The summed E-state index contributed by atoms with van der Waals surface area (Å²) in [5.74, 6) is 0.764. The number of fused-ring (bicyclic) bond motifs is 2. The number of H-pyrrole nitrogens is 1. The van der Waals surface area contributed by atoms with E-state index in [1.807, 2.05) is 0 Å². The molecule has 3 nitrogen and oxygen atoms in total. The van der Waals surface area contributed by atoms with Crippen molar-refractivity contribution in [2.45, 2.75) is 62.9 Å². The van der Waals surface area contributed by atoms with E-state index in [2.05, 4.69) is 46.2 Å². The summed E-state index contributed by atoms with van der Waals surface area (Å²) in [6.45, 7) is 3.91. The van der Waals surface area contributed by atoms with Crippen LogP contribution in [0.3, 0.4) is 0 Å². The maximum absolute atomic E-state index is 3.52. The third-order valence-corrected chi connectivity index (χ3v) is 7.21. The van der Waals surface area contributed by atoms with Crippen LogP contribution in [0.5, 0.6) is 0 Å². The van der Waals surface area contributed by atoms with E-state index in [4.69, 9.17) is 0 Å².